The van der Waals surface area contributed by atoms with Gasteiger partial charge in [-0.1, -0.05) is 12.1 Å². The Balaban J connectivity index is 2.55. The lowest BCUT2D eigenvalue weighted by atomic mass is 10.2. The van der Waals surface area contributed by atoms with Crippen LogP contribution in [0.5, 0.6) is 5.75 Å². The van der Waals surface area contributed by atoms with E-state index in [9.17, 15) is 27.1 Å². The topological polar surface area (TPSA) is 32.3 Å². The first-order valence-electron chi connectivity index (χ1n) is 4.67. The Morgan fingerprint density at radius 1 is 1.29 bits per heavy atom. The molecule has 0 aromatic heterocycles. The molecule has 1 rings (SSSR count). The first-order chi connectivity index (χ1) is 7.84. The number of phenols is 1. The second-order valence-corrected chi connectivity index (χ2v) is 3.41. The van der Waals surface area contributed by atoms with Crippen LogP contribution in [0.4, 0.5) is 22.0 Å². The van der Waals surface area contributed by atoms with Crippen LogP contribution in [0, 0.1) is 5.82 Å². The molecule has 96 valence electrons. The van der Waals surface area contributed by atoms with Gasteiger partial charge < -0.3 is 10.4 Å². The molecule has 0 radical (unpaired) electrons. The number of rotatable bonds is 5. The summed E-state index contributed by atoms with van der Waals surface area (Å²) in [6.07, 6.45) is -3.77. The summed E-state index contributed by atoms with van der Waals surface area (Å²) in [5, 5.41) is 11.2. The molecule has 0 amide bonds. The Kier molecular flexibility index (Phi) is 4.28. The van der Waals surface area contributed by atoms with Crippen molar-refractivity contribution in [2.75, 3.05) is 6.54 Å². The molecule has 17 heavy (non-hydrogen) atoms. The minimum Gasteiger partial charge on any atom is -0.505 e. The van der Waals surface area contributed by atoms with Gasteiger partial charge in [-0.05, 0) is 6.07 Å². The number of phenolic OH excluding ortho intramolecular Hbond substituents is 1. The molecular formula is C10H10F5NO. The summed E-state index contributed by atoms with van der Waals surface area (Å²) in [5.74, 6) is -5.73. The van der Waals surface area contributed by atoms with Gasteiger partial charge >= 0.3 is 12.3 Å². The Labute approximate surface area is 94.1 Å². The van der Waals surface area contributed by atoms with Crippen LogP contribution in [0.25, 0.3) is 0 Å². The third-order valence-corrected chi connectivity index (χ3v) is 2.07. The standard InChI is InChI=1S/C10H10F5NO/c11-7-3-1-2-6(8(7)17)4-16-5-10(14,15)9(12)13/h1-3,9,16-17H,4-5H2. The van der Waals surface area contributed by atoms with Crippen LogP contribution in [-0.4, -0.2) is 24.0 Å². The molecule has 0 heterocycles. The van der Waals surface area contributed by atoms with E-state index in [0.29, 0.717) is 0 Å². The van der Waals surface area contributed by atoms with Crippen LogP contribution in [0.3, 0.4) is 0 Å². The fourth-order valence-electron chi connectivity index (χ4n) is 1.14. The van der Waals surface area contributed by atoms with Gasteiger partial charge in [0, 0.05) is 12.1 Å². The van der Waals surface area contributed by atoms with Gasteiger partial charge in [-0.25, -0.2) is 13.2 Å². The molecule has 1 aromatic rings. The van der Waals surface area contributed by atoms with E-state index in [1.165, 1.54) is 12.1 Å². The highest BCUT2D eigenvalue weighted by Crippen LogP contribution is 2.23. The molecule has 7 heteroatoms. The van der Waals surface area contributed by atoms with Gasteiger partial charge in [-0.3, -0.25) is 0 Å². The van der Waals surface area contributed by atoms with Gasteiger partial charge in [0.1, 0.15) is 0 Å². The first kappa shape index (κ1) is 13.7. The summed E-state index contributed by atoms with van der Waals surface area (Å²) in [4.78, 5) is 0. The molecule has 0 aliphatic carbocycles. The molecule has 0 saturated heterocycles. The van der Waals surface area contributed by atoms with Crippen LogP contribution in [0.15, 0.2) is 18.2 Å². The molecule has 0 fully saturated rings. The molecule has 0 saturated carbocycles. The third kappa shape index (κ3) is 3.55. The highest BCUT2D eigenvalue weighted by Gasteiger charge is 2.39. The average Bonchev–Trinajstić information content (AvgIpc) is 2.24. The second kappa shape index (κ2) is 5.31. The van der Waals surface area contributed by atoms with Gasteiger partial charge in [0.15, 0.2) is 11.6 Å². The van der Waals surface area contributed by atoms with E-state index in [0.717, 1.165) is 6.07 Å². The predicted octanol–water partition coefficient (Wildman–Crippen LogP) is 2.52. The lowest BCUT2D eigenvalue weighted by Gasteiger charge is -2.16. The monoisotopic (exact) mass is 255 g/mol. The van der Waals surface area contributed by atoms with Crippen molar-refractivity contribution < 1.29 is 27.1 Å². The fraction of sp³-hybridized carbons (Fsp3) is 0.400. The highest BCUT2D eigenvalue weighted by molar-refractivity contribution is 5.33. The fourth-order valence-corrected chi connectivity index (χ4v) is 1.14. The van der Waals surface area contributed by atoms with Crippen molar-refractivity contribution in [1.82, 2.24) is 5.32 Å². The summed E-state index contributed by atoms with van der Waals surface area (Å²) in [6, 6.07) is 3.57. The van der Waals surface area contributed by atoms with Crippen molar-refractivity contribution in [2.24, 2.45) is 0 Å². The number of para-hydroxylation sites is 1. The number of halogens is 5. The molecule has 0 aliphatic heterocycles. The molecule has 0 unspecified atom stereocenters. The smallest absolute Gasteiger partial charge is 0.319 e. The summed E-state index contributed by atoms with van der Waals surface area (Å²) in [7, 11) is 0. The summed E-state index contributed by atoms with van der Waals surface area (Å²) in [5.41, 5.74) is 0.0232. The van der Waals surface area contributed by atoms with Crippen LogP contribution in [0.2, 0.25) is 0 Å². The van der Waals surface area contributed by atoms with E-state index >= 15 is 0 Å². The molecule has 1 aromatic carbocycles. The molecule has 0 atom stereocenters. The maximum atomic E-state index is 12.8. The van der Waals surface area contributed by atoms with E-state index in [-0.39, 0.29) is 12.1 Å². The zero-order chi connectivity index (χ0) is 13.1. The molecule has 0 bridgehead atoms. The van der Waals surface area contributed by atoms with Crippen LogP contribution in [-0.2, 0) is 6.54 Å². The third-order valence-electron chi connectivity index (χ3n) is 2.07. The molecule has 0 aliphatic rings. The van der Waals surface area contributed by atoms with Gasteiger partial charge in [0.05, 0.1) is 6.54 Å². The van der Waals surface area contributed by atoms with E-state index in [1.807, 2.05) is 5.32 Å². The van der Waals surface area contributed by atoms with Crippen molar-refractivity contribution in [2.45, 2.75) is 18.9 Å². The van der Waals surface area contributed by atoms with Crippen molar-refractivity contribution in [3.8, 4) is 5.75 Å². The maximum absolute atomic E-state index is 12.8. The zero-order valence-electron chi connectivity index (χ0n) is 8.56. The predicted molar refractivity (Wildman–Crippen MR) is 50.7 cm³/mol. The van der Waals surface area contributed by atoms with Gasteiger partial charge in [-0.2, -0.15) is 8.78 Å². The minimum atomic E-state index is -4.15. The second-order valence-electron chi connectivity index (χ2n) is 3.41. The van der Waals surface area contributed by atoms with Crippen molar-refractivity contribution >= 4 is 0 Å². The lowest BCUT2D eigenvalue weighted by molar-refractivity contribution is -0.125. The van der Waals surface area contributed by atoms with Crippen molar-refractivity contribution in [1.29, 1.82) is 0 Å². The average molecular weight is 255 g/mol. The van der Waals surface area contributed by atoms with Crippen molar-refractivity contribution in [3.63, 3.8) is 0 Å². The van der Waals surface area contributed by atoms with Crippen molar-refractivity contribution in [3.05, 3.63) is 29.6 Å². The van der Waals surface area contributed by atoms with E-state index < -0.39 is 30.5 Å². The highest BCUT2D eigenvalue weighted by atomic mass is 19.3. The zero-order valence-corrected chi connectivity index (χ0v) is 8.56. The van der Waals surface area contributed by atoms with Gasteiger partial charge in [-0.15, -0.1) is 0 Å². The number of nitrogens with one attached hydrogen (secondary N) is 1. The molecule has 2 nitrogen and oxygen atoms in total. The Hall–Kier alpha value is -1.37. The largest absolute Gasteiger partial charge is 0.505 e. The van der Waals surface area contributed by atoms with Crippen LogP contribution >= 0.6 is 0 Å². The van der Waals surface area contributed by atoms with Crippen LogP contribution < -0.4 is 5.32 Å². The maximum Gasteiger partial charge on any atom is 0.319 e. The van der Waals surface area contributed by atoms with E-state index in [1.54, 1.807) is 0 Å². The Morgan fingerprint density at radius 3 is 2.53 bits per heavy atom. The van der Waals surface area contributed by atoms with Crippen LogP contribution in [0.1, 0.15) is 5.56 Å². The summed E-state index contributed by atoms with van der Waals surface area (Å²) in [6.45, 7) is -1.58. The summed E-state index contributed by atoms with van der Waals surface area (Å²) < 4.78 is 61.3. The van der Waals surface area contributed by atoms with Gasteiger partial charge in [0.2, 0.25) is 0 Å². The van der Waals surface area contributed by atoms with Gasteiger partial charge in [0.25, 0.3) is 0 Å². The normalized spacial score (nSPS) is 12.1. The number of hydrogen-bond acceptors (Lipinski definition) is 2. The Morgan fingerprint density at radius 2 is 1.94 bits per heavy atom. The number of hydrogen-bond donors (Lipinski definition) is 2. The summed E-state index contributed by atoms with van der Waals surface area (Å²) >= 11 is 0. The molecule has 0 spiro atoms. The minimum absolute atomic E-state index is 0.0232. The molecular weight excluding hydrogens is 245 g/mol. The number of aromatic hydroxyl groups is 1. The first-order valence-corrected chi connectivity index (χ1v) is 4.67. The lowest BCUT2D eigenvalue weighted by Crippen LogP contribution is -2.38. The van der Waals surface area contributed by atoms with E-state index in [4.69, 9.17) is 0 Å². The number of benzene rings is 1. The number of alkyl halides is 4. The van der Waals surface area contributed by atoms with E-state index in [2.05, 4.69) is 0 Å². The Bertz CT molecular complexity index is 383. The molecule has 2 N–H and O–H groups in total. The SMILES string of the molecule is Oc1c(F)cccc1CNCC(F)(F)C(F)F. The quantitative estimate of drug-likeness (QED) is 0.792.